The average molecular weight is 249 g/mol. The highest BCUT2D eigenvalue weighted by molar-refractivity contribution is 5.70. The van der Waals surface area contributed by atoms with Crippen LogP contribution in [0.1, 0.15) is 24.9 Å². The van der Waals surface area contributed by atoms with E-state index in [2.05, 4.69) is 17.9 Å². The molecule has 1 fully saturated rings. The smallest absolute Gasteiger partial charge is 0.307 e. The van der Waals surface area contributed by atoms with Crippen LogP contribution < -0.4 is 4.74 Å². The summed E-state index contributed by atoms with van der Waals surface area (Å²) in [6.07, 6.45) is 0.740. The van der Waals surface area contributed by atoms with Crippen molar-refractivity contribution in [1.82, 2.24) is 4.90 Å². The number of hydrogen-bond acceptors (Lipinski definition) is 3. The lowest BCUT2D eigenvalue weighted by atomic mass is 10.1. The minimum Gasteiger partial charge on any atom is -0.497 e. The van der Waals surface area contributed by atoms with Crippen molar-refractivity contribution in [3.63, 3.8) is 0 Å². The summed E-state index contributed by atoms with van der Waals surface area (Å²) < 4.78 is 5.21. The molecule has 0 saturated carbocycles. The van der Waals surface area contributed by atoms with Gasteiger partial charge in [0, 0.05) is 12.6 Å². The average Bonchev–Trinajstić information content (AvgIpc) is 2.87. The minimum atomic E-state index is -0.685. The predicted octanol–water partition coefficient (Wildman–Crippen LogP) is 2.16. The Balaban J connectivity index is 2.07. The van der Waals surface area contributed by atoms with Crippen molar-refractivity contribution in [1.29, 1.82) is 0 Å². The molecule has 4 heteroatoms. The van der Waals surface area contributed by atoms with Crippen LogP contribution in [0, 0.1) is 5.92 Å². The number of rotatable bonds is 4. The van der Waals surface area contributed by atoms with Gasteiger partial charge in [0.2, 0.25) is 0 Å². The molecule has 0 bridgehead atoms. The van der Waals surface area contributed by atoms with E-state index in [0.29, 0.717) is 6.54 Å². The number of ether oxygens (including phenoxy) is 1. The second-order valence-corrected chi connectivity index (χ2v) is 4.77. The van der Waals surface area contributed by atoms with Crippen LogP contribution in [0.15, 0.2) is 24.3 Å². The first-order valence-corrected chi connectivity index (χ1v) is 6.22. The van der Waals surface area contributed by atoms with Crippen LogP contribution in [0.25, 0.3) is 0 Å². The molecule has 1 aliphatic heterocycles. The van der Waals surface area contributed by atoms with Crippen molar-refractivity contribution in [3.8, 4) is 5.75 Å². The fourth-order valence-electron chi connectivity index (χ4n) is 2.45. The molecule has 98 valence electrons. The highest BCUT2D eigenvalue weighted by Crippen LogP contribution is 2.29. The first-order valence-electron chi connectivity index (χ1n) is 6.22. The lowest BCUT2D eigenvalue weighted by molar-refractivity contribution is -0.141. The fourth-order valence-corrected chi connectivity index (χ4v) is 2.45. The number of benzene rings is 1. The Bertz CT molecular complexity index is 433. The van der Waals surface area contributed by atoms with Crippen molar-refractivity contribution in [2.24, 2.45) is 5.92 Å². The predicted molar refractivity (Wildman–Crippen MR) is 68.7 cm³/mol. The van der Waals surface area contributed by atoms with Crippen LogP contribution in [-0.4, -0.2) is 36.2 Å². The molecule has 18 heavy (non-hydrogen) atoms. The Morgan fingerprint density at radius 1 is 1.56 bits per heavy atom. The first-order chi connectivity index (χ1) is 8.61. The third-order valence-corrected chi connectivity index (χ3v) is 3.69. The Kier molecular flexibility index (Phi) is 3.87. The van der Waals surface area contributed by atoms with Gasteiger partial charge >= 0.3 is 5.97 Å². The van der Waals surface area contributed by atoms with Crippen LogP contribution in [0.5, 0.6) is 5.75 Å². The van der Waals surface area contributed by atoms with Gasteiger partial charge in [-0.3, -0.25) is 9.69 Å². The molecule has 0 radical (unpaired) electrons. The second-order valence-electron chi connectivity index (χ2n) is 4.77. The van der Waals surface area contributed by atoms with E-state index in [1.807, 2.05) is 18.2 Å². The maximum Gasteiger partial charge on any atom is 0.307 e. The third-order valence-electron chi connectivity index (χ3n) is 3.69. The lowest BCUT2D eigenvalue weighted by Crippen LogP contribution is -2.26. The summed E-state index contributed by atoms with van der Waals surface area (Å²) in [4.78, 5) is 13.2. The van der Waals surface area contributed by atoms with E-state index >= 15 is 0 Å². The van der Waals surface area contributed by atoms with Crippen molar-refractivity contribution in [2.75, 3.05) is 20.2 Å². The normalized spacial score (nSPS) is 21.8. The van der Waals surface area contributed by atoms with Gasteiger partial charge in [-0.05, 0) is 37.6 Å². The number of carboxylic acid groups (broad SMARTS) is 1. The van der Waals surface area contributed by atoms with E-state index in [4.69, 9.17) is 9.84 Å². The zero-order valence-electron chi connectivity index (χ0n) is 10.8. The molecule has 1 saturated heterocycles. The molecular formula is C14H19NO3. The van der Waals surface area contributed by atoms with Crippen molar-refractivity contribution in [3.05, 3.63) is 29.8 Å². The molecule has 1 N–H and O–H groups in total. The van der Waals surface area contributed by atoms with Gasteiger partial charge in [-0.1, -0.05) is 12.1 Å². The largest absolute Gasteiger partial charge is 0.497 e. The standard InChI is InChI=1S/C14H19NO3/c1-10(11-4-3-5-13(8-11)18-2)15-7-6-12(9-15)14(16)17/h3-5,8,10,12H,6-7,9H2,1-2H3,(H,16,17). The summed E-state index contributed by atoms with van der Waals surface area (Å²) in [7, 11) is 1.65. The molecule has 2 atom stereocenters. The highest BCUT2D eigenvalue weighted by Gasteiger charge is 2.30. The number of nitrogens with zero attached hydrogens (tertiary/aromatic N) is 1. The quantitative estimate of drug-likeness (QED) is 0.888. The number of methoxy groups -OCH3 is 1. The van der Waals surface area contributed by atoms with Crippen LogP contribution >= 0.6 is 0 Å². The molecule has 4 nitrogen and oxygen atoms in total. The van der Waals surface area contributed by atoms with Gasteiger partial charge < -0.3 is 9.84 Å². The topological polar surface area (TPSA) is 49.8 Å². The summed E-state index contributed by atoms with van der Waals surface area (Å²) in [6.45, 7) is 3.59. The number of carbonyl (C=O) groups is 1. The first kappa shape index (κ1) is 12.9. The zero-order valence-corrected chi connectivity index (χ0v) is 10.8. The summed E-state index contributed by atoms with van der Waals surface area (Å²) >= 11 is 0. The summed E-state index contributed by atoms with van der Waals surface area (Å²) in [5.41, 5.74) is 1.17. The number of likely N-dealkylation sites (tertiary alicyclic amines) is 1. The van der Waals surface area contributed by atoms with Gasteiger partial charge in [-0.25, -0.2) is 0 Å². The molecule has 2 unspecified atom stereocenters. The lowest BCUT2D eigenvalue weighted by Gasteiger charge is -2.24. The van der Waals surface area contributed by atoms with E-state index in [9.17, 15) is 4.79 Å². The number of hydrogen-bond donors (Lipinski definition) is 1. The van der Waals surface area contributed by atoms with Crippen LogP contribution in [-0.2, 0) is 4.79 Å². The van der Waals surface area contributed by atoms with Gasteiger partial charge in [0.1, 0.15) is 5.75 Å². The zero-order chi connectivity index (χ0) is 13.1. The monoisotopic (exact) mass is 249 g/mol. The maximum atomic E-state index is 11.0. The van der Waals surface area contributed by atoms with Gasteiger partial charge in [0.05, 0.1) is 13.0 Å². The van der Waals surface area contributed by atoms with Gasteiger partial charge in [-0.15, -0.1) is 0 Å². The van der Waals surface area contributed by atoms with E-state index in [1.165, 1.54) is 5.56 Å². The molecule has 0 aromatic heterocycles. The summed E-state index contributed by atoms with van der Waals surface area (Å²) in [6, 6.07) is 8.18. The van der Waals surface area contributed by atoms with Crippen molar-refractivity contribution < 1.29 is 14.6 Å². The van der Waals surface area contributed by atoms with Crippen LogP contribution in [0.2, 0.25) is 0 Å². The summed E-state index contributed by atoms with van der Waals surface area (Å²) in [5.74, 6) is -0.0678. The van der Waals surface area contributed by atoms with Crippen LogP contribution in [0.3, 0.4) is 0 Å². The SMILES string of the molecule is COc1cccc(C(C)N2CCC(C(=O)O)C2)c1. The molecule has 0 spiro atoms. The van der Waals surface area contributed by atoms with E-state index < -0.39 is 5.97 Å². The van der Waals surface area contributed by atoms with E-state index in [-0.39, 0.29) is 12.0 Å². The fraction of sp³-hybridized carbons (Fsp3) is 0.500. The second kappa shape index (κ2) is 5.40. The Hall–Kier alpha value is -1.55. The summed E-state index contributed by atoms with van der Waals surface area (Å²) in [5, 5.41) is 9.02. The molecular weight excluding hydrogens is 230 g/mol. The van der Waals surface area contributed by atoms with Crippen LogP contribution in [0.4, 0.5) is 0 Å². The molecule has 1 aromatic rings. The van der Waals surface area contributed by atoms with E-state index in [1.54, 1.807) is 7.11 Å². The molecule has 0 aliphatic carbocycles. The van der Waals surface area contributed by atoms with Gasteiger partial charge in [0.25, 0.3) is 0 Å². The van der Waals surface area contributed by atoms with E-state index in [0.717, 1.165) is 18.7 Å². The third kappa shape index (κ3) is 2.64. The number of aliphatic carboxylic acids is 1. The van der Waals surface area contributed by atoms with Gasteiger partial charge in [-0.2, -0.15) is 0 Å². The van der Waals surface area contributed by atoms with Crippen molar-refractivity contribution >= 4 is 5.97 Å². The Labute approximate surface area is 107 Å². The maximum absolute atomic E-state index is 11.0. The highest BCUT2D eigenvalue weighted by atomic mass is 16.5. The molecule has 1 heterocycles. The molecule has 1 aromatic carbocycles. The van der Waals surface area contributed by atoms with Crippen molar-refractivity contribution in [2.45, 2.75) is 19.4 Å². The Morgan fingerprint density at radius 3 is 2.94 bits per heavy atom. The molecule has 0 amide bonds. The Morgan fingerprint density at radius 2 is 2.33 bits per heavy atom. The minimum absolute atomic E-state index is 0.224. The molecule has 2 rings (SSSR count). The molecule has 1 aliphatic rings. The number of carboxylic acids is 1. The van der Waals surface area contributed by atoms with Gasteiger partial charge in [0.15, 0.2) is 0 Å².